The second kappa shape index (κ2) is 4.69. The first-order valence-electron chi connectivity index (χ1n) is 5.56. The Morgan fingerprint density at radius 1 is 1.31 bits per heavy atom. The predicted molar refractivity (Wildman–Crippen MR) is 65.9 cm³/mol. The van der Waals surface area contributed by atoms with E-state index in [1.807, 2.05) is 32.9 Å². The summed E-state index contributed by atoms with van der Waals surface area (Å²) >= 11 is 0. The second-order valence-electron chi connectivity index (χ2n) is 4.94. The topological polar surface area (TPSA) is 26.3 Å². The van der Waals surface area contributed by atoms with E-state index in [0.717, 1.165) is 11.3 Å². The smallest absolute Gasteiger partial charge is 0.133 e. The number of ether oxygens (including phenoxy) is 1. The van der Waals surface area contributed by atoms with Gasteiger partial charge in [-0.25, -0.2) is 0 Å². The lowest BCUT2D eigenvalue weighted by Gasteiger charge is -2.26. The second-order valence-corrected chi connectivity index (χ2v) is 4.94. The molecule has 0 bridgehead atoms. The summed E-state index contributed by atoms with van der Waals surface area (Å²) in [5, 5.41) is 0. The van der Waals surface area contributed by atoms with Crippen molar-refractivity contribution in [2.75, 3.05) is 0 Å². The van der Waals surface area contributed by atoms with Crippen molar-refractivity contribution in [2.24, 2.45) is 0 Å². The van der Waals surface area contributed by atoms with Gasteiger partial charge in [-0.05, 0) is 51.8 Å². The number of carbonyl (C=O) groups excluding carboxylic acids is 1. The number of Topliss-reactive ketones (excluding diaryl/α,β-unsaturated/α-hetero) is 1. The fraction of sp³-hybridized carbons (Fsp3) is 0.500. The van der Waals surface area contributed by atoms with Crippen molar-refractivity contribution < 1.29 is 9.53 Å². The normalized spacial score (nSPS) is 11.3. The number of benzene rings is 1. The third-order valence-electron chi connectivity index (χ3n) is 2.62. The van der Waals surface area contributed by atoms with Gasteiger partial charge in [-0.15, -0.1) is 0 Å². The molecule has 0 saturated heterocycles. The van der Waals surface area contributed by atoms with Gasteiger partial charge in [-0.2, -0.15) is 0 Å². The molecule has 0 fully saturated rings. The lowest BCUT2D eigenvalue weighted by Crippen LogP contribution is -2.30. The summed E-state index contributed by atoms with van der Waals surface area (Å²) in [6.07, 6.45) is 0.431. The Labute approximate surface area is 97.6 Å². The van der Waals surface area contributed by atoms with E-state index in [4.69, 9.17) is 4.74 Å². The largest absolute Gasteiger partial charge is 0.487 e. The third kappa shape index (κ3) is 3.37. The van der Waals surface area contributed by atoms with E-state index in [9.17, 15) is 4.79 Å². The number of hydrogen-bond donors (Lipinski definition) is 0. The zero-order chi connectivity index (χ0) is 12.3. The van der Waals surface area contributed by atoms with Gasteiger partial charge < -0.3 is 4.74 Å². The van der Waals surface area contributed by atoms with Gasteiger partial charge in [0.2, 0.25) is 0 Å². The number of rotatable bonds is 4. The summed E-state index contributed by atoms with van der Waals surface area (Å²) in [5.74, 6) is 1.02. The molecule has 16 heavy (non-hydrogen) atoms. The molecule has 0 heterocycles. The fourth-order valence-corrected chi connectivity index (χ4v) is 1.77. The Bertz CT molecular complexity index is 392. The van der Waals surface area contributed by atoms with Crippen molar-refractivity contribution in [3.8, 4) is 5.75 Å². The molecular weight excluding hydrogens is 200 g/mol. The Morgan fingerprint density at radius 2 is 1.94 bits per heavy atom. The molecule has 0 atom stereocenters. The van der Waals surface area contributed by atoms with Crippen LogP contribution in [0.1, 0.15) is 38.3 Å². The van der Waals surface area contributed by atoms with Crippen LogP contribution in [0.2, 0.25) is 0 Å². The average molecular weight is 220 g/mol. The highest BCUT2D eigenvalue weighted by Crippen LogP contribution is 2.26. The summed E-state index contributed by atoms with van der Waals surface area (Å²) in [5.41, 5.74) is 1.90. The Kier molecular flexibility index (Phi) is 3.74. The molecule has 2 nitrogen and oxygen atoms in total. The average Bonchev–Trinajstić information content (AvgIpc) is 2.10. The van der Waals surface area contributed by atoms with E-state index in [-0.39, 0.29) is 5.78 Å². The maximum atomic E-state index is 11.1. The molecule has 0 spiro atoms. The highest BCUT2D eigenvalue weighted by Gasteiger charge is 2.22. The van der Waals surface area contributed by atoms with Crippen LogP contribution in [0.3, 0.4) is 0 Å². The Balaban J connectivity index is 2.87. The van der Waals surface area contributed by atoms with Crippen molar-refractivity contribution >= 4 is 5.78 Å². The minimum Gasteiger partial charge on any atom is -0.487 e. The molecule has 0 amide bonds. The van der Waals surface area contributed by atoms with Gasteiger partial charge in [0.05, 0.1) is 0 Å². The zero-order valence-corrected chi connectivity index (χ0v) is 10.8. The lowest BCUT2D eigenvalue weighted by molar-refractivity contribution is -0.120. The van der Waals surface area contributed by atoms with Gasteiger partial charge in [-0.1, -0.05) is 12.1 Å². The van der Waals surface area contributed by atoms with E-state index in [1.165, 1.54) is 5.56 Å². The molecular formula is C14H20O2. The number of hydrogen-bond acceptors (Lipinski definition) is 2. The van der Waals surface area contributed by atoms with Gasteiger partial charge in [0, 0.05) is 6.42 Å². The molecule has 0 aliphatic carbocycles. The number of carbonyl (C=O) groups is 1. The summed E-state index contributed by atoms with van der Waals surface area (Å²) in [4.78, 5) is 11.1. The molecule has 0 unspecified atom stereocenters. The molecule has 0 radical (unpaired) electrons. The van der Waals surface area contributed by atoms with Crippen LogP contribution in [0.25, 0.3) is 0 Å². The van der Waals surface area contributed by atoms with Crippen LogP contribution in [0, 0.1) is 13.8 Å². The van der Waals surface area contributed by atoms with E-state index in [1.54, 1.807) is 6.92 Å². The molecule has 0 aliphatic heterocycles. The lowest BCUT2D eigenvalue weighted by atomic mass is 10.0. The van der Waals surface area contributed by atoms with Crippen LogP contribution < -0.4 is 4.74 Å². The van der Waals surface area contributed by atoms with Gasteiger partial charge in [0.1, 0.15) is 17.1 Å². The highest BCUT2D eigenvalue weighted by molar-refractivity contribution is 5.76. The first-order chi connectivity index (χ1) is 7.32. The quantitative estimate of drug-likeness (QED) is 0.777. The molecule has 2 heteroatoms. The standard InChI is InChI=1S/C14H20O2/c1-10-7-6-8-13(12(10)3)16-14(4,5)9-11(2)15/h6-8H,9H2,1-5H3. The van der Waals surface area contributed by atoms with E-state index in [2.05, 4.69) is 13.0 Å². The van der Waals surface area contributed by atoms with Gasteiger partial charge in [0.25, 0.3) is 0 Å². The molecule has 0 saturated carbocycles. The van der Waals surface area contributed by atoms with Gasteiger partial charge in [-0.3, -0.25) is 4.79 Å². The summed E-state index contributed by atoms with van der Waals surface area (Å²) in [7, 11) is 0. The maximum Gasteiger partial charge on any atom is 0.133 e. The zero-order valence-electron chi connectivity index (χ0n) is 10.8. The van der Waals surface area contributed by atoms with Crippen LogP contribution in [0.4, 0.5) is 0 Å². The van der Waals surface area contributed by atoms with Crippen LogP contribution in [0.5, 0.6) is 5.75 Å². The van der Waals surface area contributed by atoms with E-state index < -0.39 is 5.60 Å². The minimum absolute atomic E-state index is 0.148. The monoisotopic (exact) mass is 220 g/mol. The first-order valence-corrected chi connectivity index (χ1v) is 5.56. The third-order valence-corrected chi connectivity index (χ3v) is 2.62. The van der Waals surface area contributed by atoms with Crippen LogP contribution in [-0.4, -0.2) is 11.4 Å². The Morgan fingerprint density at radius 3 is 2.50 bits per heavy atom. The summed E-state index contributed by atoms with van der Waals surface area (Å²) in [6.45, 7) is 9.56. The van der Waals surface area contributed by atoms with Crippen LogP contribution in [0.15, 0.2) is 18.2 Å². The maximum absolute atomic E-state index is 11.1. The first kappa shape index (κ1) is 12.8. The van der Waals surface area contributed by atoms with Gasteiger partial charge >= 0.3 is 0 Å². The Hall–Kier alpha value is -1.31. The molecule has 1 rings (SSSR count). The molecule has 0 N–H and O–H groups in total. The van der Waals surface area contributed by atoms with Crippen LogP contribution >= 0.6 is 0 Å². The van der Waals surface area contributed by atoms with Crippen molar-refractivity contribution in [3.05, 3.63) is 29.3 Å². The number of ketones is 1. The van der Waals surface area contributed by atoms with Crippen molar-refractivity contribution in [2.45, 2.75) is 46.6 Å². The highest BCUT2D eigenvalue weighted by atomic mass is 16.5. The number of aryl methyl sites for hydroxylation is 1. The fourth-order valence-electron chi connectivity index (χ4n) is 1.77. The predicted octanol–water partition coefficient (Wildman–Crippen LogP) is 3.44. The van der Waals surface area contributed by atoms with Crippen molar-refractivity contribution in [1.82, 2.24) is 0 Å². The van der Waals surface area contributed by atoms with Crippen molar-refractivity contribution in [3.63, 3.8) is 0 Å². The van der Waals surface area contributed by atoms with Crippen LogP contribution in [-0.2, 0) is 4.79 Å². The molecule has 88 valence electrons. The molecule has 0 aliphatic rings. The molecule has 0 aromatic heterocycles. The van der Waals surface area contributed by atoms with Gasteiger partial charge in [0.15, 0.2) is 0 Å². The minimum atomic E-state index is -0.440. The molecule has 1 aromatic carbocycles. The molecule has 1 aromatic rings. The SMILES string of the molecule is CC(=O)CC(C)(C)Oc1cccc(C)c1C. The van der Waals surface area contributed by atoms with E-state index >= 15 is 0 Å². The summed E-state index contributed by atoms with van der Waals surface area (Å²) < 4.78 is 5.90. The van der Waals surface area contributed by atoms with Crippen molar-refractivity contribution in [1.29, 1.82) is 0 Å². The van der Waals surface area contributed by atoms with E-state index in [0.29, 0.717) is 6.42 Å². The summed E-state index contributed by atoms with van der Waals surface area (Å²) in [6, 6.07) is 5.98.